The number of aromatic nitrogens is 2. The smallest absolute Gasteiger partial charge is 0.191 e. The van der Waals surface area contributed by atoms with Crippen molar-refractivity contribution in [1.29, 1.82) is 0 Å². The standard InChI is InChI=1S/C22H26F2N6/c1-25-22(26-12-5-10-20-28-18-8-2-3-9-19(18)29-20)27-15-11-13-30(14-15)21-16(23)6-4-7-17(21)24/h2-4,6-9,15H,5,10-14H2,1H3,(H,28,29)(H2,25,26,27). The number of imidazole rings is 1. The molecule has 1 fully saturated rings. The Morgan fingerprint density at radius 1 is 1.20 bits per heavy atom. The minimum absolute atomic E-state index is 0.0515. The molecule has 1 atom stereocenters. The molecule has 2 heterocycles. The number of halogens is 2. The lowest BCUT2D eigenvalue weighted by Crippen LogP contribution is -2.45. The third-order valence-corrected chi connectivity index (χ3v) is 5.33. The number of aryl methyl sites for hydroxylation is 1. The number of nitrogens with zero attached hydrogens (tertiary/aromatic N) is 3. The van der Waals surface area contributed by atoms with E-state index in [0.29, 0.717) is 19.0 Å². The normalized spacial score (nSPS) is 17.0. The Labute approximate surface area is 174 Å². The lowest BCUT2D eigenvalue weighted by Gasteiger charge is -2.21. The fourth-order valence-corrected chi connectivity index (χ4v) is 3.85. The number of anilines is 1. The number of aliphatic imine (C=N–C) groups is 1. The van der Waals surface area contributed by atoms with Gasteiger partial charge in [-0.05, 0) is 37.1 Å². The maximum absolute atomic E-state index is 14.0. The molecule has 1 aliphatic heterocycles. The second kappa shape index (κ2) is 9.11. The predicted octanol–water partition coefficient (Wildman–Crippen LogP) is 3.22. The van der Waals surface area contributed by atoms with E-state index >= 15 is 0 Å². The molecule has 6 nitrogen and oxygen atoms in total. The molecule has 1 unspecified atom stereocenters. The van der Waals surface area contributed by atoms with Crippen LogP contribution in [-0.2, 0) is 6.42 Å². The Kier molecular flexibility index (Phi) is 6.11. The maximum atomic E-state index is 14.0. The molecule has 3 aromatic rings. The van der Waals surface area contributed by atoms with Gasteiger partial charge in [0, 0.05) is 39.1 Å². The fraction of sp³-hybridized carbons (Fsp3) is 0.364. The van der Waals surface area contributed by atoms with E-state index in [1.807, 2.05) is 24.3 Å². The molecule has 0 amide bonds. The fourth-order valence-electron chi connectivity index (χ4n) is 3.85. The van der Waals surface area contributed by atoms with Crippen LogP contribution in [0.25, 0.3) is 11.0 Å². The van der Waals surface area contributed by atoms with Crippen LogP contribution in [0.5, 0.6) is 0 Å². The number of hydrogen-bond donors (Lipinski definition) is 3. The van der Waals surface area contributed by atoms with E-state index in [4.69, 9.17) is 0 Å². The molecular formula is C22H26F2N6. The highest BCUT2D eigenvalue weighted by Gasteiger charge is 2.27. The highest BCUT2D eigenvalue weighted by Crippen LogP contribution is 2.26. The maximum Gasteiger partial charge on any atom is 0.191 e. The first-order valence-electron chi connectivity index (χ1n) is 10.2. The van der Waals surface area contributed by atoms with Gasteiger partial charge in [-0.2, -0.15) is 0 Å². The summed E-state index contributed by atoms with van der Waals surface area (Å²) in [5.74, 6) is 0.618. The van der Waals surface area contributed by atoms with Crippen molar-refractivity contribution < 1.29 is 8.78 Å². The first-order chi connectivity index (χ1) is 14.6. The number of rotatable bonds is 6. The van der Waals surface area contributed by atoms with E-state index in [1.165, 1.54) is 18.2 Å². The van der Waals surface area contributed by atoms with Crippen LogP contribution in [0, 0.1) is 11.6 Å². The van der Waals surface area contributed by atoms with Gasteiger partial charge in [0.15, 0.2) is 5.96 Å². The third-order valence-electron chi connectivity index (χ3n) is 5.33. The number of guanidine groups is 1. The molecule has 4 rings (SSSR count). The topological polar surface area (TPSA) is 68.3 Å². The van der Waals surface area contributed by atoms with Gasteiger partial charge < -0.3 is 20.5 Å². The summed E-state index contributed by atoms with van der Waals surface area (Å²) in [4.78, 5) is 13.9. The zero-order valence-electron chi connectivity index (χ0n) is 17.0. The van der Waals surface area contributed by atoms with E-state index < -0.39 is 11.6 Å². The Bertz CT molecular complexity index is 978. The zero-order chi connectivity index (χ0) is 20.9. The van der Waals surface area contributed by atoms with Gasteiger partial charge in [0.1, 0.15) is 23.1 Å². The molecule has 158 valence electrons. The molecule has 2 aromatic carbocycles. The summed E-state index contributed by atoms with van der Waals surface area (Å²) in [6.07, 6.45) is 2.52. The number of fused-ring (bicyclic) bond motifs is 1. The Morgan fingerprint density at radius 2 is 2.00 bits per heavy atom. The predicted molar refractivity (Wildman–Crippen MR) is 116 cm³/mol. The van der Waals surface area contributed by atoms with E-state index in [2.05, 4.69) is 25.6 Å². The van der Waals surface area contributed by atoms with Crippen LogP contribution in [0.4, 0.5) is 14.5 Å². The zero-order valence-corrected chi connectivity index (χ0v) is 17.0. The van der Waals surface area contributed by atoms with Crippen LogP contribution < -0.4 is 15.5 Å². The van der Waals surface area contributed by atoms with Crippen molar-refractivity contribution in [2.24, 2.45) is 4.99 Å². The van der Waals surface area contributed by atoms with Gasteiger partial charge in [-0.25, -0.2) is 13.8 Å². The van der Waals surface area contributed by atoms with Crippen LogP contribution in [0.3, 0.4) is 0 Å². The van der Waals surface area contributed by atoms with Crippen molar-refractivity contribution in [2.75, 3.05) is 31.6 Å². The molecule has 30 heavy (non-hydrogen) atoms. The van der Waals surface area contributed by atoms with Crippen LogP contribution in [0.15, 0.2) is 47.5 Å². The number of benzene rings is 2. The molecule has 0 radical (unpaired) electrons. The second-order valence-electron chi connectivity index (χ2n) is 7.45. The molecule has 1 aliphatic rings. The third kappa shape index (κ3) is 4.53. The Hall–Kier alpha value is -3.16. The molecule has 0 saturated carbocycles. The van der Waals surface area contributed by atoms with Crippen molar-refractivity contribution in [1.82, 2.24) is 20.6 Å². The summed E-state index contributed by atoms with van der Waals surface area (Å²) in [7, 11) is 1.72. The van der Waals surface area contributed by atoms with Gasteiger partial charge >= 0.3 is 0 Å². The van der Waals surface area contributed by atoms with Gasteiger partial charge in [-0.1, -0.05) is 18.2 Å². The number of hydrogen-bond acceptors (Lipinski definition) is 3. The molecule has 1 saturated heterocycles. The Morgan fingerprint density at radius 3 is 2.77 bits per heavy atom. The van der Waals surface area contributed by atoms with E-state index in [9.17, 15) is 8.78 Å². The molecule has 1 aromatic heterocycles. The number of nitrogens with one attached hydrogen (secondary N) is 3. The van der Waals surface area contributed by atoms with Gasteiger partial charge in [0.2, 0.25) is 0 Å². The van der Waals surface area contributed by atoms with E-state index in [-0.39, 0.29) is 11.7 Å². The highest BCUT2D eigenvalue weighted by atomic mass is 19.1. The van der Waals surface area contributed by atoms with E-state index in [0.717, 1.165) is 42.7 Å². The van der Waals surface area contributed by atoms with Crippen LogP contribution >= 0.6 is 0 Å². The van der Waals surface area contributed by atoms with Crippen molar-refractivity contribution in [3.63, 3.8) is 0 Å². The van der Waals surface area contributed by atoms with Crippen molar-refractivity contribution in [2.45, 2.75) is 25.3 Å². The number of H-pyrrole nitrogens is 1. The molecule has 3 N–H and O–H groups in total. The van der Waals surface area contributed by atoms with Crippen molar-refractivity contribution in [3.05, 3.63) is 59.9 Å². The highest BCUT2D eigenvalue weighted by molar-refractivity contribution is 5.80. The van der Waals surface area contributed by atoms with Crippen molar-refractivity contribution >= 4 is 22.7 Å². The lowest BCUT2D eigenvalue weighted by molar-refractivity contribution is 0.575. The minimum Gasteiger partial charge on any atom is -0.365 e. The second-order valence-corrected chi connectivity index (χ2v) is 7.45. The molecule has 8 heteroatoms. The summed E-state index contributed by atoms with van der Waals surface area (Å²) >= 11 is 0. The molecule has 0 bridgehead atoms. The summed E-state index contributed by atoms with van der Waals surface area (Å²) in [5, 5.41) is 6.66. The number of para-hydroxylation sites is 3. The summed E-state index contributed by atoms with van der Waals surface area (Å²) < 4.78 is 28.1. The monoisotopic (exact) mass is 412 g/mol. The van der Waals surface area contributed by atoms with Gasteiger partial charge in [-0.15, -0.1) is 0 Å². The molecule has 0 aliphatic carbocycles. The molecular weight excluding hydrogens is 386 g/mol. The average Bonchev–Trinajstić information content (AvgIpc) is 3.36. The van der Waals surface area contributed by atoms with Gasteiger partial charge in [-0.3, -0.25) is 4.99 Å². The summed E-state index contributed by atoms with van der Waals surface area (Å²) in [5.41, 5.74) is 2.08. The quantitative estimate of drug-likeness (QED) is 0.330. The lowest BCUT2D eigenvalue weighted by atomic mass is 10.2. The van der Waals surface area contributed by atoms with Gasteiger partial charge in [0.05, 0.1) is 11.0 Å². The minimum atomic E-state index is -0.524. The number of aromatic amines is 1. The van der Waals surface area contributed by atoms with Crippen molar-refractivity contribution in [3.8, 4) is 0 Å². The van der Waals surface area contributed by atoms with Gasteiger partial charge in [0.25, 0.3) is 0 Å². The summed E-state index contributed by atoms with van der Waals surface area (Å²) in [6, 6.07) is 12.0. The summed E-state index contributed by atoms with van der Waals surface area (Å²) in [6.45, 7) is 1.87. The average molecular weight is 412 g/mol. The first kappa shape index (κ1) is 20.1. The SMILES string of the molecule is CN=C(NCCCc1nc2ccccc2[nH]1)NC1CCN(c2c(F)cccc2F)C1. The van der Waals surface area contributed by atoms with Crippen LogP contribution in [0.1, 0.15) is 18.7 Å². The molecule has 0 spiro atoms. The van der Waals surface area contributed by atoms with Crippen LogP contribution in [0.2, 0.25) is 0 Å². The van der Waals surface area contributed by atoms with Crippen LogP contribution in [-0.4, -0.2) is 48.7 Å². The van der Waals surface area contributed by atoms with E-state index in [1.54, 1.807) is 11.9 Å². The largest absolute Gasteiger partial charge is 0.365 e. The Balaban J connectivity index is 1.24. The first-order valence-corrected chi connectivity index (χ1v) is 10.2.